The SMILES string of the molecule is CCOC(=O)C1CC1C=CCCCCCC(NC(=O)OC(C)(C)C)C(=O)N1CC(Oc2ccc3c(c2)ncn3-c2ccccc2)CC1C(N)=O. The number of alkyl carbamates (subject to hydrolysis) is 1. The van der Waals surface area contributed by atoms with E-state index < -0.39 is 41.7 Å². The Morgan fingerprint density at radius 2 is 1.84 bits per heavy atom. The fourth-order valence-electron chi connectivity index (χ4n) is 6.36. The Morgan fingerprint density at radius 3 is 2.56 bits per heavy atom. The summed E-state index contributed by atoms with van der Waals surface area (Å²) in [5.74, 6) is -0.370. The number of amides is 3. The standard InChI is InChI=1S/C38H49N5O7/c1-5-48-36(46)29-20-25(29)14-10-7-6-8-13-17-30(41-37(47)50-38(2,3)4)35(45)42-23-28(22-33(42)34(39)44)49-27-18-19-32-31(21-27)40-24-43(32)26-15-11-9-12-16-26/h9-12,14-16,18-19,21,24-25,28-30,33H,5-8,13,17,20,22-23H2,1-4H3,(H2,39,44)(H,41,47). The van der Waals surface area contributed by atoms with Crippen LogP contribution in [0.5, 0.6) is 5.75 Å². The molecule has 0 radical (unpaired) electrons. The number of allylic oxidation sites excluding steroid dienone is 2. The van der Waals surface area contributed by atoms with Crippen molar-refractivity contribution < 1.29 is 33.4 Å². The van der Waals surface area contributed by atoms with Gasteiger partial charge in [0.25, 0.3) is 0 Å². The molecule has 3 amide bonds. The number of hydrogen-bond acceptors (Lipinski definition) is 8. The van der Waals surface area contributed by atoms with Gasteiger partial charge >= 0.3 is 12.1 Å². The van der Waals surface area contributed by atoms with Crippen LogP contribution in [0, 0.1) is 11.8 Å². The molecular weight excluding hydrogens is 638 g/mol. The number of imidazole rings is 1. The van der Waals surface area contributed by atoms with Gasteiger partial charge in [0.1, 0.15) is 35.9 Å². The number of rotatable bonds is 15. The maximum absolute atomic E-state index is 14.0. The fourth-order valence-corrected chi connectivity index (χ4v) is 6.36. The number of fused-ring (bicyclic) bond motifs is 1. The molecule has 0 spiro atoms. The molecule has 3 N–H and O–H groups in total. The largest absolute Gasteiger partial charge is 0.488 e. The van der Waals surface area contributed by atoms with Gasteiger partial charge < -0.3 is 30.2 Å². The molecule has 0 bridgehead atoms. The van der Waals surface area contributed by atoms with E-state index in [4.69, 9.17) is 19.9 Å². The Hall–Kier alpha value is -4.87. The average Bonchev–Trinajstić information content (AvgIpc) is 3.52. The molecule has 2 aliphatic rings. The van der Waals surface area contributed by atoms with Crippen molar-refractivity contribution in [2.45, 2.75) is 96.4 Å². The van der Waals surface area contributed by atoms with Crippen LogP contribution in [0.3, 0.4) is 0 Å². The predicted octanol–water partition coefficient (Wildman–Crippen LogP) is 5.46. The first-order chi connectivity index (χ1) is 23.9. The number of hydrogen-bond donors (Lipinski definition) is 2. The van der Waals surface area contributed by atoms with Crippen molar-refractivity contribution in [1.29, 1.82) is 0 Å². The molecule has 12 heteroatoms. The highest BCUT2D eigenvalue weighted by molar-refractivity contribution is 5.91. The van der Waals surface area contributed by atoms with Gasteiger partial charge in [0.05, 0.1) is 30.1 Å². The van der Waals surface area contributed by atoms with Gasteiger partial charge in [-0.05, 0) is 83.6 Å². The lowest BCUT2D eigenvalue weighted by Crippen LogP contribution is -2.53. The molecule has 2 heterocycles. The van der Waals surface area contributed by atoms with Gasteiger partial charge in [-0.2, -0.15) is 0 Å². The number of carbonyl (C=O) groups is 4. The average molecular weight is 688 g/mol. The van der Waals surface area contributed by atoms with Crippen LogP contribution >= 0.6 is 0 Å². The minimum absolute atomic E-state index is 0.0230. The second-order valence-electron chi connectivity index (χ2n) is 14.0. The Bertz CT molecular complexity index is 1680. The van der Waals surface area contributed by atoms with Crippen LogP contribution in [0.2, 0.25) is 0 Å². The van der Waals surface area contributed by atoms with Crippen LogP contribution in [-0.4, -0.2) is 75.3 Å². The highest BCUT2D eigenvalue weighted by atomic mass is 16.6. The fraction of sp³-hybridized carbons (Fsp3) is 0.500. The van der Waals surface area contributed by atoms with E-state index in [0.717, 1.165) is 42.4 Å². The van der Waals surface area contributed by atoms with Crippen molar-refractivity contribution in [1.82, 2.24) is 19.8 Å². The molecule has 5 atom stereocenters. The van der Waals surface area contributed by atoms with Gasteiger partial charge in [0.15, 0.2) is 0 Å². The number of likely N-dealkylation sites (tertiary alicyclic amines) is 1. The van der Waals surface area contributed by atoms with E-state index in [2.05, 4.69) is 22.5 Å². The van der Waals surface area contributed by atoms with Crippen LogP contribution in [0.4, 0.5) is 4.79 Å². The highest BCUT2D eigenvalue weighted by Gasteiger charge is 2.43. The summed E-state index contributed by atoms with van der Waals surface area (Å²) < 4.78 is 18.8. The number of nitrogens with zero attached hydrogens (tertiary/aromatic N) is 3. The Labute approximate surface area is 293 Å². The normalized spacial score (nSPS) is 20.8. The van der Waals surface area contributed by atoms with Crippen molar-refractivity contribution in [3.05, 3.63) is 67.0 Å². The summed E-state index contributed by atoms with van der Waals surface area (Å²) in [5, 5.41) is 2.75. The van der Waals surface area contributed by atoms with E-state index in [1.807, 2.05) is 60.0 Å². The third kappa shape index (κ3) is 9.64. The summed E-state index contributed by atoms with van der Waals surface area (Å²) in [6, 6.07) is 13.7. The zero-order valence-electron chi connectivity index (χ0n) is 29.4. The molecule has 3 aromatic rings. The van der Waals surface area contributed by atoms with E-state index >= 15 is 0 Å². The first kappa shape index (κ1) is 36.4. The number of primary amides is 1. The second kappa shape index (κ2) is 16.2. The van der Waals surface area contributed by atoms with Crippen molar-refractivity contribution in [2.75, 3.05) is 13.2 Å². The van der Waals surface area contributed by atoms with E-state index in [1.54, 1.807) is 27.1 Å². The zero-order chi connectivity index (χ0) is 35.8. The Kier molecular flexibility index (Phi) is 11.8. The molecule has 12 nitrogen and oxygen atoms in total. The van der Waals surface area contributed by atoms with E-state index in [0.29, 0.717) is 25.2 Å². The number of unbranched alkanes of at least 4 members (excludes halogenated alkanes) is 3. The molecule has 1 saturated heterocycles. The molecule has 1 aliphatic carbocycles. The predicted molar refractivity (Wildman–Crippen MR) is 188 cm³/mol. The van der Waals surface area contributed by atoms with Crippen molar-refractivity contribution in [3.8, 4) is 11.4 Å². The van der Waals surface area contributed by atoms with E-state index in [-0.39, 0.29) is 30.8 Å². The summed E-state index contributed by atoms with van der Waals surface area (Å²) in [4.78, 5) is 57.2. The highest BCUT2D eigenvalue weighted by Crippen LogP contribution is 2.40. The van der Waals surface area contributed by atoms with Gasteiger partial charge in [-0.15, -0.1) is 0 Å². The maximum atomic E-state index is 14.0. The maximum Gasteiger partial charge on any atom is 0.408 e. The lowest BCUT2D eigenvalue weighted by atomic mass is 10.0. The van der Waals surface area contributed by atoms with Crippen LogP contribution in [0.15, 0.2) is 67.0 Å². The van der Waals surface area contributed by atoms with Crippen LogP contribution in [-0.2, 0) is 23.9 Å². The third-order valence-electron chi connectivity index (χ3n) is 8.90. The lowest BCUT2D eigenvalue weighted by molar-refractivity contribution is -0.144. The summed E-state index contributed by atoms with van der Waals surface area (Å²) in [6.07, 6.45) is 9.39. The number of aromatic nitrogens is 2. The van der Waals surface area contributed by atoms with Gasteiger partial charge in [0.2, 0.25) is 11.8 Å². The van der Waals surface area contributed by atoms with Crippen molar-refractivity contribution in [2.24, 2.45) is 17.6 Å². The van der Waals surface area contributed by atoms with Crippen LogP contribution in [0.1, 0.15) is 72.6 Å². The van der Waals surface area contributed by atoms with E-state index in [1.165, 1.54) is 4.90 Å². The van der Waals surface area contributed by atoms with Gasteiger partial charge in [-0.1, -0.05) is 43.2 Å². The van der Waals surface area contributed by atoms with Crippen LogP contribution < -0.4 is 15.8 Å². The summed E-state index contributed by atoms with van der Waals surface area (Å²) in [7, 11) is 0. The smallest absolute Gasteiger partial charge is 0.408 e. The minimum atomic E-state index is -0.906. The Balaban J connectivity index is 1.19. The van der Waals surface area contributed by atoms with Crippen LogP contribution in [0.25, 0.3) is 16.7 Å². The monoisotopic (exact) mass is 687 g/mol. The first-order valence-corrected chi connectivity index (χ1v) is 17.5. The number of benzene rings is 2. The molecule has 2 fully saturated rings. The number of para-hydroxylation sites is 1. The summed E-state index contributed by atoms with van der Waals surface area (Å²) in [6.45, 7) is 7.60. The molecular formula is C38H49N5O7. The third-order valence-corrected chi connectivity index (χ3v) is 8.90. The summed E-state index contributed by atoms with van der Waals surface area (Å²) in [5.41, 5.74) is 7.69. The minimum Gasteiger partial charge on any atom is -0.488 e. The van der Waals surface area contributed by atoms with E-state index in [9.17, 15) is 19.2 Å². The molecule has 1 aromatic heterocycles. The quantitative estimate of drug-likeness (QED) is 0.121. The molecule has 268 valence electrons. The molecule has 1 saturated carbocycles. The number of nitrogens with two attached hydrogens (primary N) is 1. The second-order valence-corrected chi connectivity index (χ2v) is 14.0. The number of ether oxygens (including phenoxy) is 3. The first-order valence-electron chi connectivity index (χ1n) is 17.5. The number of nitrogens with one attached hydrogen (secondary N) is 1. The molecule has 50 heavy (non-hydrogen) atoms. The number of esters is 1. The zero-order valence-corrected chi connectivity index (χ0v) is 29.4. The van der Waals surface area contributed by atoms with Gasteiger partial charge in [-0.25, -0.2) is 9.78 Å². The van der Waals surface area contributed by atoms with Gasteiger partial charge in [-0.3, -0.25) is 19.0 Å². The topological polar surface area (TPSA) is 155 Å². The molecule has 5 rings (SSSR count). The molecule has 5 unspecified atom stereocenters. The molecule has 2 aromatic carbocycles. The molecule has 1 aliphatic heterocycles. The lowest BCUT2D eigenvalue weighted by Gasteiger charge is -2.28. The van der Waals surface area contributed by atoms with Crippen molar-refractivity contribution >= 4 is 34.9 Å². The summed E-state index contributed by atoms with van der Waals surface area (Å²) >= 11 is 0. The van der Waals surface area contributed by atoms with Gasteiger partial charge in [0, 0.05) is 18.2 Å². The van der Waals surface area contributed by atoms with Crippen molar-refractivity contribution in [3.63, 3.8) is 0 Å². The number of carbonyl (C=O) groups excluding carboxylic acids is 4. The Morgan fingerprint density at radius 1 is 1.06 bits per heavy atom.